The molecule has 0 aliphatic heterocycles. The van der Waals surface area contributed by atoms with Crippen LogP contribution in [0, 0.1) is 0 Å². The fraction of sp³-hybridized carbons (Fsp3) is 0.500. The summed E-state index contributed by atoms with van der Waals surface area (Å²) in [6.45, 7) is 12.7. The van der Waals surface area contributed by atoms with Gasteiger partial charge in [0.15, 0.2) is 0 Å². The Morgan fingerprint density at radius 3 is 1.82 bits per heavy atom. The van der Waals surface area contributed by atoms with Crippen LogP contribution < -0.4 is 5.32 Å². The minimum absolute atomic E-state index is 0.128. The van der Waals surface area contributed by atoms with Crippen molar-refractivity contribution >= 4 is 11.4 Å². The van der Waals surface area contributed by atoms with Crippen molar-refractivity contribution in [2.24, 2.45) is 7.05 Å². The molecule has 0 atom stereocenters. The summed E-state index contributed by atoms with van der Waals surface area (Å²) in [6.07, 6.45) is 3.72. The molecule has 4 heteroatoms. The number of phenols is 1. The Labute approximate surface area is 133 Å². The van der Waals surface area contributed by atoms with Gasteiger partial charge in [-0.3, -0.25) is 4.68 Å². The highest BCUT2D eigenvalue weighted by Crippen LogP contribution is 2.41. The molecule has 22 heavy (non-hydrogen) atoms. The van der Waals surface area contributed by atoms with Gasteiger partial charge < -0.3 is 10.4 Å². The van der Waals surface area contributed by atoms with E-state index in [4.69, 9.17) is 0 Å². The summed E-state index contributed by atoms with van der Waals surface area (Å²) >= 11 is 0. The lowest BCUT2D eigenvalue weighted by atomic mass is 9.79. The molecule has 0 fully saturated rings. The lowest BCUT2D eigenvalue weighted by Gasteiger charge is -2.28. The van der Waals surface area contributed by atoms with Gasteiger partial charge in [-0.15, -0.1) is 0 Å². The first kappa shape index (κ1) is 16.4. The molecule has 0 amide bonds. The Hall–Kier alpha value is -1.97. The van der Waals surface area contributed by atoms with E-state index in [0.29, 0.717) is 5.75 Å². The van der Waals surface area contributed by atoms with Crippen molar-refractivity contribution in [2.45, 2.75) is 52.4 Å². The zero-order valence-corrected chi connectivity index (χ0v) is 14.7. The molecule has 2 aromatic rings. The van der Waals surface area contributed by atoms with Crippen LogP contribution in [0.3, 0.4) is 0 Å². The minimum atomic E-state index is -0.128. The predicted octanol–water partition coefficient (Wildman–Crippen LogP) is 4.46. The molecule has 0 spiro atoms. The van der Waals surface area contributed by atoms with E-state index < -0.39 is 0 Å². The van der Waals surface area contributed by atoms with Gasteiger partial charge in [0, 0.05) is 30.1 Å². The molecule has 0 saturated carbocycles. The number of aromatic hydroxyl groups is 1. The number of anilines is 2. The minimum Gasteiger partial charge on any atom is -0.507 e. The van der Waals surface area contributed by atoms with E-state index in [-0.39, 0.29) is 10.8 Å². The first-order valence-corrected chi connectivity index (χ1v) is 7.62. The summed E-state index contributed by atoms with van der Waals surface area (Å²) < 4.78 is 1.76. The number of nitrogens with one attached hydrogen (secondary N) is 1. The van der Waals surface area contributed by atoms with E-state index >= 15 is 0 Å². The van der Waals surface area contributed by atoms with Crippen LogP contribution in [-0.2, 0) is 17.9 Å². The van der Waals surface area contributed by atoms with Gasteiger partial charge in [0.05, 0.1) is 11.9 Å². The molecule has 0 aliphatic rings. The molecular formula is C18H27N3O. The molecule has 1 aromatic heterocycles. The highest BCUT2D eigenvalue weighted by Gasteiger charge is 2.26. The molecule has 0 saturated heterocycles. The van der Waals surface area contributed by atoms with Crippen molar-refractivity contribution in [3.63, 3.8) is 0 Å². The van der Waals surface area contributed by atoms with E-state index in [1.807, 2.05) is 25.4 Å². The van der Waals surface area contributed by atoms with Gasteiger partial charge in [-0.1, -0.05) is 41.5 Å². The number of phenolic OH excluding ortho intramolecular Hbond substituents is 1. The number of hydrogen-bond donors (Lipinski definition) is 2. The highest BCUT2D eigenvalue weighted by atomic mass is 16.3. The second-order valence-corrected chi connectivity index (χ2v) is 7.95. The lowest BCUT2D eigenvalue weighted by Crippen LogP contribution is -2.17. The monoisotopic (exact) mass is 301 g/mol. The number of benzene rings is 1. The Bertz CT molecular complexity index is 637. The zero-order chi connectivity index (χ0) is 16.7. The van der Waals surface area contributed by atoms with Gasteiger partial charge in [0.2, 0.25) is 0 Å². The summed E-state index contributed by atoms with van der Waals surface area (Å²) in [5, 5.41) is 18.3. The van der Waals surface area contributed by atoms with Crippen LogP contribution in [0.25, 0.3) is 0 Å². The maximum atomic E-state index is 10.7. The largest absolute Gasteiger partial charge is 0.507 e. The second-order valence-electron chi connectivity index (χ2n) is 7.95. The van der Waals surface area contributed by atoms with Gasteiger partial charge in [0.25, 0.3) is 0 Å². The number of nitrogens with zero attached hydrogens (tertiary/aromatic N) is 2. The molecular weight excluding hydrogens is 274 g/mol. The van der Waals surface area contributed by atoms with E-state index in [1.54, 1.807) is 10.9 Å². The maximum Gasteiger partial charge on any atom is 0.123 e. The van der Waals surface area contributed by atoms with Crippen LogP contribution in [0.4, 0.5) is 11.4 Å². The summed E-state index contributed by atoms with van der Waals surface area (Å²) in [7, 11) is 1.89. The average molecular weight is 301 g/mol. The van der Waals surface area contributed by atoms with Crippen molar-refractivity contribution in [1.82, 2.24) is 9.78 Å². The number of hydrogen-bond acceptors (Lipinski definition) is 3. The van der Waals surface area contributed by atoms with Gasteiger partial charge >= 0.3 is 0 Å². The summed E-state index contributed by atoms with van der Waals surface area (Å²) in [4.78, 5) is 0. The topological polar surface area (TPSA) is 50.1 Å². The van der Waals surface area contributed by atoms with E-state index in [9.17, 15) is 5.11 Å². The zero-order valence-electron chi connectivity index (χ0n) is 14.7. The van der Waals surface area contributed by atoms with Gasteiger partial charge in [-0.25, -0.2) is 0 Å². The smallest absolute Gasteiger partial charge is 0.123 e. The van der Waals surface area contributed by atoms with Gasteiger partial charge in [-0.05, 0) is 23.0 Å². The van der Waals surface area contributed by atoms with Crippen LogP contribution in [0.5, 0.6) is 5.75 Å². The van der Waals surface area contributed by atoms with E-state index in [2.05, 4.69) is 52.0 Å². The SMILES string of the molecule is Cn1cc(Nc2cc(C(C)(C)C)c(O)c(C(C)(C)C)c2)cn1. The third kappa shape index (κ3) is 3.43. The molecule has 4 nitrogen and oxygen atoms in total. The van der Waals surface area contributed by atoms with Crippen molar-refractivity contribution in [1.29, 1.82) is 0 Å². The Morgan fingerprint density at radius 2 is 1.45 bits per heavy atom. The standard InChI is InChI=1S/C18H27N3O/c1-17(2,3)14-8-12(20-13-10-19-21(7)11-13)9-15(16(14)22)18(4,5)6/h8-11,20,22H,1-7H3. The fourth-order valence-corrected chi connectivity index (χ4v) is 2.50. The number of aryl methyl sites for hydroxylation is 1. The Morgan fingerprint density at radius 1 is 0.955 bits per heavy atom. The molecule has 2 rings (SSSR count). The Kier molecular flexibility index (Phi) is 3.98. The third-order valence-electron chi connectivity index (χ3n) is 3.72. The van der Waals surface area contributed by atoms with Crippen molar-refractivity contribution < 1.29 is 5.11 Å². The van der Waals surface area contributed by atoms with Gasteiger partial charge in [-0.2, -0.15) is 5.10 Å². The quantitative estimate of drug-likeness (QED) is 0.805. The molecule has 120 valence electrons. The van der Waals surface area contributed by atoms with Crippen molar-refractivity contribution in [2.75, 3.05) is 5.32 Å². The number of rotatable bonds is 2. The molecule has 0 unspecified atom stereocenters. The first-order valence-electron chi connectivity index (χ1n) is 7.62. The molecule has 2 N–H and O–H groups in total. The summed E-state index contributed by atoms with van der Waals surface area (Å²) in [5.74, 6) is 0.400. The van der Waals surface area contributed by atoms with Crippen molar-refractivity contribution in [3.05, 3.63) is 35.7 Å². The van der Waals surface area contributed by atoms with Crippen LogP contribution >= 0.6 is 0 Å². The van der Waals surface area contributed by atoms with Crippen LogP contribution in [0.2, 0.25) is 0 Å². The maximum absolute atomic E-state index is 10.7. The average Bonchev–Trinajstić information content (AvgIpc) is 2.74. The highest BCUT2D eigenvalue weighted by molar-refractivity contribution is 5.65. The molecule has 0 bridgehead atoms. The molecule has 0 aliphatic carbocycles. The summed E-state index contributed by atoms with van der Waals surface area (Å²) in [5.41, 5.74) is 3.55. The van der Waals surface area contributed by atoms with E-state index in [0.717, 1.165) is 22.5 Å². The lowest BCUT2D eigenvalue weighted by molar-refractivity contribution is 0.423. The second kappa shape index (κ2) is 5.34. The van der Waals surface area contributed by atoms with E-state index in [1.165, 1.54) is 0 Å². The van der Waals surface area contributed by atoms with Crippen LogP contribution in [0.1, 0.15) is 52.7 Å². The summed E-state index contributed by atoms with van der Waals surface area (Å²) in [6, 6.07) is 4.05. The first-order chi connectivity index (χ1) is 9.98. The predicted molar refractivity (Wildman–Crippen MR) is 92.0 cm³/mol. The van der Waals surface area contributed by atoms with Crippen molar-refractivity contribution in [3.8, 4) is 5.75 Å². The third-order valence-corrected chi connectivity index (χ3v) is 3.72. The normalized spacial score (nSPS) is 12.5. The van der Waals surface area contributed by atoms with Crippen LogP contribution in [0.15, 0.2) is 24.5 Å². The molecule has 1 heterocycles. The molecule has 0 radical (unpaired) electrons. The number of aromatic nitrogens is 2. The fourth-order valence-electron chi connectivity index (χ4n) is 2.50. The van der Waals surface area contributed by atoms with Gasteiger partial charge in [0.1, 0.15) is 5.75 Å². The molecule has 1 aromatic carbocycles. The van der Waals surface area contributed by atoms with Crippen LogP contribution in [-0.4, -0.2) is 14.9 Å². The Balaban J connectivity index is 2.55.